The highest BCUT2D eigenvalue weighted by atomic mass is 32.1. The highest BCUT2D eigenvalue weighted by molar-refractivity contribution is 7.18. The van der Waals surface area contributed by atoms with Gasteiger partial charge in [0, 0.05) is 12.6 Å². The summed E-state index contributed by atoms with van der Waals surface area (Å²) in [6, 6.07) is 7.33. The molecular formula is C22H25N3O7S. The zero-order valence-corrected chi connectivity index (χ0v) is 19.5. The van der Waals surface area contributed by atoms with Crippen molar-refractivity contribution in [2.45, 2.75) is 26.8 Å². The number of hydrogen-bond acceptors (Lipinski definition) is 8. The number of anilines is 1. The van der Waals surface area contributed by atoms with Crippen molar-refractivity contribution >= 4 is 46.0 Å². The number of carbonyl (C=O) groups is 5. The molecule has 3 amide bonds. The summed E-state index contributed by atoms with van der Waals surface area (Å²) in [6.07, 6.45) is 0. The van der Waals surface area contributed by atoms with Crippen molar-refractivity contribution in [3.63, 3.8) is 0 Å². The molecule has 1 aromatic heterocycles. The molecule has 176 valence electrons. The smallest absolute Gasteiger partial charge is 0.341 e. The highest BCUT2D eigenvalue weighted by Gasteiger charge is 2.27. The van der Waals surface area contributed by atoms with Crippen LogP contribution in [0.2, 0.25) is 0 Å². The monoisotopic (exact) mass is 475 g/mol. The first-order valence-electron chi connectivity index (χ1n) is 10.0. The van der Waals surface area contributed by atoms with Gasteiger partial charge in [0.2, 0.25) is 0 Å². The number of amides is 3. The van der Waals surface area contributed by atoms with E-state index in [1.807, 2.05) is 0 Å². The Bertz CT molecular complexity index is 1050. The summed E-state index contributed by atoms with van der Waals surface area (Å²) in [6.45, 7) is 4.09. The van der Waals surface area contributed by atoms with Crippen LogP contribution in [0.1, 0.15) is 49.8 Å². The number of benzene rings is 1. The van der Waals surface area contributed by atoms with Crippen LogP contribution in [0.5, 0.6) is 0 Å². The fourth-order valence-electron chi connectivity index (χ4n) is 2.73. The number of rotatable bonds is 9. The van der Waals surface area contributed by atoms with Crippen LogP contribution in [0.4, 0.5) is 5.00 Å². The Hall–Kier alpha value is -3.73. The lowest BCUT2D eigenvalue weighted by molar-refractivity contribution is -0.148. The third-order valence-electron chi connectivity index (χ3n) is 4.40. The normalized spacial score (nSPS) is 11.2. The minimum Gasteiger partial charge on any atom is -0.462 e. The predicted octanol–water partition coefficient (Wildman–Crippen LogP) is 1.89. The van der Waals surface area contributed by atoms with E-state index in [4.69, 9.17) is 9.47 Å². The van der Waals surface area contributed by atoms with E-state index in [0.29, 0.717) is 11.1 Å². The van der Waals surface area contributed by atoms with Gasteiger partial charge in [-0.2, -0.15) is 0 Å². The molecule has 0 saturated carbocycles. The maximum Gasteiger partial charge on any atom is 0.341 e. The number of hydrogen-bond donors (Lipinski definition) is 3. The van der Waals surface area contributed by atoms with Gasteiger partial charge in [0.1, 0.15) is 11.0 Å². The van der Waals surface area contributed by atoms with Gasteiger partial charge < -0.3 is 25.4 Å². The number of thiophene rings is 1. The van der Waals surface area contributed by atoms with E-state index in [1.54, 1.807) is 44.2 Å². The van der Waals surface area contributed by atoms with Crippen molar-refractivity contribution in [2.24, 2.45) is 0 Å². The van der Waals surface area contributed by atoms with E-state index < -0.39 is 42.3 Å². The fraction of sp³-hybridized carbons (Fsp3) is 0.318. The summed E-state index contributed by atoms with van der Waals surface area (Å²) in [5.41, 5.74) is 0.798. The number of esters is 2. The molecule has 0 aliphatic carbocycles. The Morgan fingerprint density at radius 2 is 1.70 bits per heavy atom. The molecule has 33 heavy (non-hydrogen) atoms. The molecular weight excluding hydrogens is 450 g/mol. The van der Waals surface area contributed by atoms with Gasteiger partial charge in [-0.1, -0.05) is 18.2 Å². The Labute approximate surface area is 194 Å². The first-order valence-corrected chi connectivity index (χ1v) is 10.9. The summed E-state index contributed by atoms with van der Waals surface area (Å²) >= 11 is 0.906. The van der Waals surface area contributed by atoms with E-state index in [9.17, 15) is 24.0 Å². The van der Waals surface area contributed by atoms with Crippen molar-refractivity contribution in [1.29, 1.82) is 0 Å². The largest absolute Gasteiger partial charge is 0.462 e. The molecule has 0 aliphatic heterocycles. The van der Waals surface area contributed by atoms with Crippen LogP contribution in [-0.2, 0) is 19.1 Å². The second-order valence-electron chi connectivity index (χ2n) is 6.78. The van der Waals surface area contributed by atoms with Crippen LogP contribution in [0, 0.1) is 6.92 Å². The lowest BCUT2D eigenvalue weighted by Gasteiger charge is -2.13. The standard InChI is InChI=1S/C22H25N3O7S/c1-5-31-22(30)16-12(2)17(19(28)23-4)33-20(16)25-15(26)11-32-21(29)13(3)24-18(27)14-9-7-6-8-10-14/h6-10,13H,5,11H2,1-4H3,(H,23,28)(H,24,27)(H,25,26)/t13-/m0/s1. The first-order chi connectivity index (χ1) is 15.7. The molecule has 10 nitrogen and oxygen atoms in total. The minimum absolute atomic E-state index is 0.0589. The van der Waals surface area contributed by atoms with Gasteiger partial charge >= 0.3 is 11.9 Å². The number of nitrogens with one attached hydrogen (secondary N) is 3. The van der Waals surface area contributed by atoms with Gasteiger partial charge in [-0.05, 0) is 38.5 Å². The van der Waals surface area contributed by atoms with Gasteiger partial charge in [-0.3, -0.25) is 14.4 Å². The molecule has 0 saturated heterocycles. The van der Waals surface area contributed by atoms with Crippen LogP contribution in [0.25, 0.3) is 0 Å². The molecule has 0 bridgehead atoms. The molecule has 0 spiro atoms. The molecule has 3 N–H and O–H groups in total. The van der Waals surface area contributed by atoms with E-state index in [1.165, 1.54) is 14.0 Å². The Morgan fingerprint density at radius 3 is 2.30 bits per heavy atom. The SMILES string of the molecule is CCOC(=O)c1c(NC(=O)COC(=O)[C@H](C)NC(=O)c2ccccc2)sc(C(=O)NC)c1C. The average molecular weight is 476 g/mol. The zero-order chi connectivity index (χ0) is 24.5. The van der Waals surface area contributed by atoms with Crippen LogP contribution >= 0.6 is 11.3 Å². The first kappa shape index (κ1) is 25.5. The molecule has 0 unspecified atom stereocenters. The molecule has 0 radical (unpaired) electrons. The molecule has 1 atom stereocenters. The van der Waals surface area contributed by atoms with Crippen molar-refractivity contribution in [3.8, 4) is 0 Å². The molecule has 2 aromatic rings. The van der Waals surface area contributed by atoms with Crippen molar-refractivity contribution < 1.29 is 33.4 Å². The van der Waals surface area contributed by atoms with E-state index >= 15 is 0 Å². The summed E-state index contributed by atoms with van der Waals surface area (Å²) in [7, 11) is 1.45. The van der Waals surface area contributed by atoms with Crippen molar-refractivity contribution in [2.75, 3.05) is 25.6 Å². The van der Waals surface area contributed by atoms with Crippen molar-refractivity contribution in [1.82, 2.24) is 10.6 Å². The number of carbonyl (C=O) groups excluding carboxylic acids is 5. The molecule has 0 aliphatic rings. The second-order valence-corrected chi connectivity index (χ2v) is 7.80. The molecule has 2 rings (SSSR count). The zero-order valence-electron chi connectivity index (χ0n) is 18.6. The molecule has 1 aromatic carbocycles. The van der Waals surface area contributed by atoms with Crippen LogP contribution in [0.3, 0.4) is 0 Å². The van der Waals surface area contributed by atoms with E-state index in [-0.39, 0.29) is 22.0 Å². The third-order valence-corrected chi connectivity index (χ3v) is 5.60. The third kappa shape index (κ3) is 6.62. The lowest BCUT2D eigenvalue weighted by atomic mass is 10.1. The highest BCUT2D eigenvalue weighted by Crippen LogP contribution is 2.33. The van der Waals surface area contributed by atoms with Gasteiger partial charge in [0.05, 0.1) is 17.0 Å². The Morgan fingerprint density at radius 1 is 1.03 bits per heavy atom. The molecule has 1 heterocycles. The maximum atomic E-state index is 12.4. The molecule has 0 fully saturated rings. The van der Waals surface area contributed by atoms with Gasteiger partial charge in [-0.15, -0.1) is 11.3 Å². The van der Waals surface area contributed by atoms with Crippen LogP contribution in [0.15, 0.2) is 30.3 Å². The van der Waals surface area contributed by atoms with Crippen LogP contribution in [-0.4, -0.2) is 56.0 Å². The van der Waals surface area contributed by atoms with Gasteiger partial charge in [0.15, 0.2) is 6.61 Å². The van der Waals surface area contributed by atoms with Gasteiger partial charge in [-0.25, -0.2) is 9.59 Å². The minimum atomic E-state index is -0.996. The predicted molar refractivity (Wildman–Crippen MR) is 121 cm³/mol. The molecule has 11 heteroatoms. The summed E-state index contributed by atoms with van der Waals surface area (Å²) in [5, 5.41) is 7.55. The number of ether oxygens (including phenoxy) is 2. The Kier molecular flexibility index (Phi) is 9.10. The van der Waals surface area contributed by atoms with Gasteiger partial charge in [0.25, 0.3) is 17.7 Å². The average Bonchev–Trinajstić information content (AvgIpc) is 3.13. The van der Waals surface area contributed by atoms with E-state index in [0.717, 1.165) is 11.3 Å². The Balaban J connectivity index is 2.02. The topological polar surface area (TPSA) is 140 Å². The maximum absolute atomic E-state index is 12.4. The summed E-state index contributed by atoms with van der Waals surface area (Å²) in [4.78, 5) is 61.3. The van der Waals surface area contributed by atoms with Crippen molar-refractivity contribution in [3.05, 3.63) is 51.9 Å². The second kappa shape index (κ2) is 11.8. The summed E-state index contributed by atoms with van der Waals surface area (Å²) < 4.78 is 9.99. The summed E-state index contributed by atoms with van der Waals surface area (Å²) in [5.74, 6) is -3.10. The fourth-order valence-corrected chi connectivity index (χ4v) is 3.89. The van der Waals surface area contributed by atoms with Crippen LogP contribution < -0.4 is 16.0 Å². The van der Waals surface area contributed by atoms with E-state index in [2.05, 4.69) is 16.0 Å². The lowest BCUT2D eigenvalue weighted by Crippen LogP contribution is -2.40. The quantitative estimate of drug-likeness (QED) is 0.471.